The molecule has 0 fully saturated rings. The van der Waals surface area contributed by atoms with Gasteiger partial charge in [-0.2, -0.15) is 0 Å². The molecular formula is C9H9ClO4S. The van der Waals surface area contributed by atoms with Gasteiger partial charge in [0, 0.05) is 16.2 Å². The van der Waals surface area contributed by atoms with E-state index in [0.717, 1.165) is 0 Å². The van der Waals surface area contributed by atoms with E-state index in [0.29, 0.717) is 11.8 Å². The predicted octanol–water partition coefficient (Wildman–Crippen LogP) is 1.74. The maximum atomic E-state index is 11.2. The largest absolute Gasteiger partial charge is 0.495 e. The van der Waals surface area contributed by atoms with E-state index in [1.54, 1.807) is 6.92 Å². The van der Waals surface area contributed by atoms with Crippen LogP contribution in [0.2, 0.25) is 0 Å². The highest BCUT2D eigenvalue weighted by atomic mass is 35.7. The molecule has 0 atom stereocenters. The van der Waals surface area contributed by atoms with Crippen molar-refractivity contribution in [3.05, 3.63) is 23.3 Å². The Morgan fingerprint density at radius 1 is 1.40 bits per heavy atom. The van der Waals surface area contributed by atoms with E-state index in [-0.39, 0.29) is 16.2 Å². The van der Waals surface area contributed by atoms with Crippen LogP contribution in [0.4, 0.5) is 0 Å². The fourth-order valence-electron chi connectivity index (χ4n) is 1.28. The fraction of sp³-hybridized carbons (Fsp3) is 0.222. The van der Waals surface area contributed by atoms with Crippen molar-refractivity contribution in [3.63, 3.8) is 0 Å². The highest BCUT2D eigenvalue weighted by Crippen LogP contribution is 2.30. The zero-order valence-electron chi connectivity index (χ0n) is 8.15. The van der Waals surface area contributed by atoms with E-state index in [9.17, 15) is 13.2 Å². The van der Waals surface area contributed by atoms with Crippen LogP contribution in [0.5, 0.6) is 5.75 Å². The lowest BCUT2D eigenvalue weighted by molar-refractivity contribution is 0.112. The van der Waals surface area contributed by atoms with Gasteiger partial charge in [0.1, 0.15) is 16.9 Å². The van der Waals surface area contributed by atoms with Gasteiger partial charge in [-0.15, -0.1) is 0 Å². The molecule has 4 nitrogen and oxygen atoms in total. The molecule has 0 spiro atoms. The molecule has 15 heavy (non-hydrogen) atoms. The molecule has 1 aromatic carbocycles. The second-order valence-electron chi connectivity index (χ2n) is 2.92. The van der Waals surface area contributed by atoms with Gasteiger partial charge in [-0.25, -0.2) is 8.42 Å². The van der Waals surface area contributed by atoms with Gasteiger partial charge in [-0.3, -0.25) is 4.79 Å². The monoisotopic (exact) mass is 248 g/mol. The Bertz CT molecular complexity index is 493. The van der Waals surface area contributed by atoms with E-state index in [1.807, 2.05) is 0 Å². The third-order valence-electron chi connectivity index (χ3n) is 1.87. The van der Waals surface area contributed by atoms with Gasteiger partial charge < -0.3 is 4.74 Å². The first kappa shape index (κ1) is 12.0. The molecule has 0 amide bonds. The molecule has 0 aromatic heterocycles. The number of benzene rings is 1. The van der Waals surface area contributed by atoms with Crippen molar-refractivity contribution >= 4 is 26.0 Å². The van der Waals surface area contributed by atoms with Crippen LogP contribution in [0.1, 0.15) is 15.9 Å². The van der Waals surface area contributed by atoms with Crippen LogP contribution >= 0.6 is 10.7 Å². The highest BCUT2D eigenvalue weighted by Gasteiger charge is 2.19. The number of methoxy groups -OCH3 is 1. The molecule has 6 heteroatoms. The van der Waals surface area contributed by atoms with Crippen LogP contribution in [-0.2, 0) is 9.05 Å². The van der Waals surface area contributed by atoms with Crippen molar-refractivity contribution in [2.24, 2.45) is 0 Å². The molecule has 0 N–H and O–H groups in total. The van der Waals surface area contributed by atoms with Crippen molar-refractivity contribution in [1.82, 2.24) is 0 Å². The number of hydrogen-bond acceptors (Lipinski definition) is 4. The molecule has 82 valence electrons. The van der Waals surface area contributed by atoms with Crippen molar-refractivity contribution in [2.75, 3.05) is 7.11 Å². The number of ether oxygens (including phenoxy) is 1. The first-order valence-electron chi connectivity index (χ1n) is 3.98. The lowest BCUT2D eigenvalue weighted by Crippen LogP contribution is -2.00. The first-order chi connectivity index (χ1) is 6.90. The lowest BCUT2D eigenvalue weighted by Gasteiger charge is -2.09. The van der Waals surface area contributed by atoms with E-state index in [4.69, 9.17) is 15.4 Å². The molecule has 1 aromatic rings. The summed E-state index contributed by atoms with van der Waals surface area (Å²) in [6.07, 6.45) is 0.554. The zero-order chi connectivity index (χ0) is 11.6. The van der Waals surface area contributed by atoms with Gasteiger partial charge >= 0.3 is 0 Å². The van der Waals surface area contributed by atoms with E-state index in [2.05, 4.69) is 0 Å². The first-order valence-corrected chi connectivity index (χ1v) is 6.29. The minimum absolute atomic E-state index is 0.163. The highest BCUT2D eigenvalue weighted by molar-refractivity contribution is 8.13. The summed E-state index contributed by atoms with van der Waals surface area (Å²) in [6, 6.07) is 2.71. The summed E-state index contributed by atoms with van der Waals surface area (Å²) in [4.78, 5) is 10.4. The summed E-state index contributed by atoms with van der Waals surface area (Å²) in [5.74, 6) is 0.163. The van der Waals surface area contributed by atoms with Crippen LogP contribution in [0, 0.1) is 6.92 Å². The van der Waals surface area contributed by atoms with Gasteiger partial charge in [0.25, 0.3) is 9.05 Å². The molecule has 0 saturated heterocycles. The average molecular weight is 249 g/mol. The van der Waals surface area contributed by atoms with Gasteiger partial charge in [0.05, 0.1) is 7.11 Å². The Morgan fingerprint density at radius 2 is 2.00 bits per heavy atom. The second-order valence-corrected chi connectivity index (χ2v) is 5.46. The Balaban J connectivity index is 3.60. The van der Waals surface area contributed by atoms with Crippen LogP contribution in [0.25, 0.3) is 0 Å². The number of hydrogen-bond donors (Lipinski definition) is 0. The molecule has 0 unspecified atom stereocenters. The van der Waals surface area contributed by atoms with Gasteiger partial charge in [-0.1, -0.05) is 0 Å². The van der Waals surface area contributed by atoms with Crippen molar-refractivity contribution < 1.29 is 17.9 Å². The van der Waals surface area contributed by atoms with Crippen LogP contribution in [0.3, 0.4) is 0 Å². The van der Waals surface area contributed by atoms with E-state index < -0.39 is 9.05 Å². The maximum Gasteiger partial charge on any atom is 0.265 e. The summed E-state index contributed by atoms with van der Waals surface area (Å²) >= 11 is 0. The number of carbonyl (C=O) groups excluding carboxylic acids is 1. The molecule has 0 radical (unpaired) electrons. The molecule has 0 aliphatic carbocycles. The SMILES string of the molecule is COc1c(C)cc(C=O)cc1S(=O)(=O)Cl. The predicted molar refractivity (Wildman–Crippen MR) is 56.2 cm³/mol. The molecule has 0 saturated carbocycles. The summed E-state index contributed by atoms with van der Waals surface area (Å²) in [7, 11) is 2.65. The maximum absolute atomic E-state index is 11.2. The fourth-order valence-corrected chi connectivity index (χ4v) is 2.37. The third kappa shape index (κ3) is 2.49. The Kier molecular flexibility index (Phi) is 3.36. The third-order valence-corrected chi connectivity index (χ3v) is 3.19. The molecule has 0 bridgehead atoms. The van der Waals surface area contributed by atoms with Gasteiger partial charge in [-0.05, 0) is 24.6 Å². The number of rotatable bonds is 3. The standard InChI is InChI=1S/C9H9ClO4S/c1-6-3-7(5-11)4-8(9(6)14-2)15(10,12)13/h3-5H,1-2H3. The van der Waals surface area contributed by atoms with Gasteiger partial charge in [0.2, 0.25) is 0 Å². The topological polar surface area (TPSA) is 60.4 Å². The lowest BCUT2D eigenvalue weighted by atomic mass is 10.1. The molecular weight excluding hydrogens is 240 g/mol. The number of aryl methyl sites for hydroxylation is 1. The molecule has 0 aliphatic heterocycles. The molecule has 0 heterocycles. The summed E-state index contributed by atoms with van der Waals surface area (Å²) in [6.45, 7) is 1.64. The van der Waals surface area contributed by atoms with Crippen molar-refractivity contribution in [1.29, 1.82) is 0 Å². The summed E-state index contributed by atoms with van der Waals surface area (Å²) in [5, 5.41) is 0. The van der Waals surface area contributed by atoms with Crippen molar-refractivity contribution in [2.45, 2.75) is 11.8 Å². The van der Waals surface area contributed by atoms with E-state index >= 15 is 0 Å². The minimum atomic E-state index is -3.91. The normalized spacial score (nSPS) is 11.1. The molecule has 1 rings (SSSR count). The van der Waals surface area contributed by atoms with Crippen LogP contribution in [0.15, 0.2) is 17.0 Å². The Labute approximate surface area is 92.2 Å². The Morgan fingerprint density at radius 3 is 2.40 bits per heavy atom. The number of halogens is 1. The summed E-state index contributed by atoms with van der Waals surface area (Å²) in [5.41, 5.74) is 0.786. The average Bonchev–Trinajstić information content (AvgIpc) is 2.15. The van der Waals surface area contributed by atoms with E-state index in [1.165, 1.54) is 19.2 Å². The molecule has 0 aliphatic rings. The second kappa shape index (κ2) is 4.20. The van der Waals surface area contributed by atoms with Gasteiger partial charge in [0.15, 0.2) is 0 Å². The summed E-state index contributed by atoms with van der Waals surface area (Å²) < 4.78 is 27.3. The van der Waals surface area contributed by atoms with Crippen LogP contribution in [-0.4, -0.2) is 21.8 Å². The minimum Gasteiger partial charge on any atom is -0.495 e. The Hall–Kier alpha value is -1.07. The van der Waals surface area contributed by atoms with Crippen molar-refractivity contribution in [3.8, 4) is 5.75 Å². The number of aldehydes is 1. The van der Waals surface area contributed by atoms with Crippen LogP contribution < -0.4 is 4.74 Å². The zero-order valence-corrected chi connectivity index (χ0v) is 9.72. The number of carbonyl (C=O) groups is 1. The quantitative estimate of drug-likeness (QED) is 0.604. The smallest absolute Gasteiger partial charge is 0.265 e.